The van der Waals surface area contributed by atoms with E-state index in [0.717, 1.165) is 11.1 Å². The summed E-state index contributed by atoms with van der Waals surface area (Å²) in [5, 5.41) is 10.7. The number of hydrogen-bond donors (Lipinski definition) is 1. The largest absolute Gasteiger partial charge is 0.488 e. The van der Waals surface area contributed by atoms with Crippen molar-refractivity contribution in [2.45, 2.75) is 38.4 Å². The van der Waals surface area contributed by atoms with Crippen molar-refractivity contribution in [1.29, 1.82) is 0 Å². The average molecular weight is 424 g/mol. The fourth-order valence-corrected chi connectivity index (χ4v) is 4.77. The van der Waals surface area contributed by atoms with Crippen molar-refractivity contribution in [1.82, 2.24) is 4.90 Å². The van der Waals surface area contributed by atoms with E-state index in [-0.39, 0.29) is 12.0 Å². The number of esters is 1. The van der Waals surface area contributed by atoms with Crippen molar-refractivity contribution in [3.8, 4) is 5.75 Å². The van der Waals surface area contributed by atoms with Gasteiger partial charge in [0.25, 0.3) is 0 Å². The third-order valence-electron chi connectivity index (χ3n) is 6.60. The fraction of sp³-hybridized carbons (Fsp3) is 0.440. The molecule has 0 radical (unpaired) electrons. The number of nitrogens with zero attached hydrogens (tertiary/aromatic N) is 1. The SMILES string of the molecule is COC(=O)c1ccc(O[C@H]2C[C@@H]3CN(C(=O)Cc4ccccc4C)C[C@@H]3C[C@@H]2O)cc1. The molecule has 1 heterocycles. The minimum atomic E-state index is -0.576. The lowest BCUT2D eigenvalue weighted by atomic mass is 9.78. The normalized spacial score (nSPS) is 25.1. The van der Waals surface area contributed by atoms with Gasteiger partial charge in [0.2, 0.25) is 5.91 Å². The van der Waals surface area contributed by atoms with Crippen LogP contribution in [0.4, 0.5) is 0 Å². The first-order valence-corrected chi connectivity index (χ1v) is 10.8. The Labute approximate surface area is 182 Å². The Bertz CT molecular complexity index is 941. The quantitative estimate of drug-likeness (QED) is 0.749. The molecule has 1 aliphatic carbocycles. The highest BCUT2D eigenvalue weighted by Crippen LogP contribution is 2.38. The number of fused-ring (bicyclic) bond motifs is 1. The van der Waals surface area contributed by atoms with Gasteiger partial charge in [0.15, 0.2) is 0 Å². The van der Waals surface area contributed by atoms with Gasteiger partial charge in [-0.2, -0.15) is 0 Å². The molecule has 4 atom stereocenters. The molecule has 0 unspecified atom stereocenters. The van der Waals surface area contributed by atoms with E-state index < -0.39 is 12.1 Å². The maximum atomic E-state index is 12.9. The molecule has 2 aliphatic rings. The molecule has 0 aromatic heterocycles. The second-order valence-corrected chi connectivity index (χ2v) is 8.63. The molecule has 1 N–H and O–H groups in total. The van der Waals surface area contributed by atoms with E-state index in [1.165, 1.54) is 7.11 Å². The van der Waals surface area contributed by atoms with Crippen LogP contribution in [-0.2, 0) is 16.0 Å². The highest BCUT2D eigenvalue weighted by atomic mass is 16.5. The smallest absolute Gasteiger partial charge is 0.337 e. The summed E-state index contributed by atoms with van der Waals surface area (Å²) in [5.41, 5.74) is 2.66. The number of aryl methyl sites for hydroxylation is 1. The Hall–Kier alpha value is -2.86. The van der Waals surface area contributed by atoms with Crippen LogP contribution in [0, 0.1) is 18.8 Å². The summed E-state index contributed by atoms with van der Waals surface area (Å²) in [6.07, 6.45) is 0.855. The number of likely N-dealkylation sites (tertiary alicyclic amines) is 1. The molecular formula is C25H29NO5. The van der Waals surface area contributed by atoms with Crippen LogP contribution in [0.25, 0.3) is 0 Å². The lowest BCUT2D eigenvalue weighted by Crippen LogP contribution is -2.42. The Morgan fingerprint density at radius 2 is 1.71 bits per heavy atom. The maximum absolute atomic E-state index is 12.9. The van der Waals surface area contributed by atoms with Gasteiger partial charge in [-0.25, -0.2) is 4.79 Å². The molecule has 2 aromatic carbocycles. The van der Waals surface area contributed by atoms with Crippen LogP contribution in [0.1, 0.15) is 34.3 Å². The maximum Gasteiger partial charge on any atom is 0.337 e. The van der Waals surface area contributed by atoms with Crippen LogP contribution in [0.15, 0.2) is 48.5 Å². The van der Waals surface area contributed by atoms with Crippen molar-refractivity contribution in [2.75, 3.05) is 20.2 Å². The number of ether oxygens (including phenoxy) is 2. The molecule has 2 fully saturated rings. The van der Waals surface area contributed by atoms with Crippen LogP contribution in [0.2, 0.25) is 0 Å². The van der Waals surface area contributed by atoms with Gasteiger partial charge in [-0.3, -0.25) is 4.79 Å². The average Bonchev–Trinajstić information content (AvgIpc) is 3.18. The summed E-state index contributed by atoms with van der Waals surface area (Å²) < 4.78 is 10.8. The molecule has 31 heavy (non-hydrogen) atoms. The van der Waals surface area contributed by atoms with Gasteiger partial charge in [0.05, 0.1) is 25.2 Å². The molecular weight excluding hydrogens is 394 g/mol. The Morgan fingerprint density at radius 3 is 2.39 bits per heavy atom. The molecule has 1 amide bonds. The summed E-state index contributed by atoms with van der Waals surface area (Å²) >= 11 is 0. The summed E-state index contributed by atoms with van der Waals surface area (Å²) in [5.74, 6) is 0.990. The standard InChI is InChI=1S/C25H29NO5/c1-16-5-3-4-6-18(16)13-24(28)26-14-19-11-22(27)23(12-20(19)15-26)31-21-9-7-17(8-10-21)25(29)30-2/h3-10,19-20,22-23,27H,11-15H2,1-2H3/t19-,20+,22-,23-/m0/s1. The predicted molar refractivity (Wildman–Crippen MR) is 116 cm³/mol. The first-order chi connectivity index (χ1) is 14.9. The van der Waals surface area contributed by atoms with Crippen LogP contribution < -0.4 is 4.74 Å². The molecule has 1 saturated heterocycles. The minimum Gasteiger partial charge on any atom is -0.488 e. The summed E-state index contributed by atoms with van der Waals surface area (Å²) in [6.45, 7) is 3.44. The number of amides is 1. The lowest BCUT2D eigenvalue weighted by molar-refractivity contribution is -0.129. The number of benzene rings is 2. The molecule has 6 nitrogen and oxygen atoms in total. The lowest BCUT2D eigenvalue weighted by Gasteiger charge is -2.35. The van der Waals surface area contributed by atoms with E-state index in [1.807, 2.05) is 36.1 Å². The van der Waals surface area contributed by atoms with Gasteiger partial charge in [-0.1, -0.05) is 24.3 Å². The minimum absolute atomic E-state index is 0.147. The zero-order valence-electron chi connectivity index (χ0n) is 18.0. The van der Waals surface area contributed by atoms with E-state index in [0.29, 0.717) is 55.5 Å². The fourth-order valence-electron chi connectivity index (χ4n) is 4.77. The predicted octanol–water partition coefficient (Wildman–Crippen LogP) is 3.00. The topological polar surface area (TPSA) is 76.1 Å². The third-order valence-corrected chi connectivity index (χ3v) is 6.60. The van der Waals surface area contributed by atoms with Crippen LogP contribution in [0.5, 0.6) is 5.75 Å². The van der Waals surface area contributed by atoms with Crippen molar-refractivity contribution < 1.29 is 24.2 Å². The molecule has 6 heteroatoms. The number of aliphatic hydroxyl groups is 1. The zero-order chi connectivity index (χ0) is 22.0. The number of rotatable bonds is 5. The van der Waals surface area contributed by atoms with Gasteiger partial charge in [-0.05, 0) is 67.0 Å². The number of carbonyl (C=O) groups excluding carboxylic acids is 2. The molecule has 1 saturated carbocycles. The molecule has 2 aromatic rings. The van der Waals surface area contributed by atoms with E-state index in [9.17, 15) is 14.7 Å². The summed E-state index contributed by atoms with van der Waals surface area (Å²) in [6, 6.07) is 14.7. The number of methoxy groups -OCH3 is 1. The summed E-state index contributed by atoms with van der Waals surface area (Å²) in [4.78, 5) is 26.4. The second-order valence-electron chi connectivity index (χ2n) is 8.63. The Morgan fingerprint density at radius 1 is 1.03 bits per heavy atom. The monoisotopic (exact) mass is 423 g/mol. The highest BCUT2D eigenvalue weighted by molar-refractivity contribution is 5.89. The van der Waals surface area contributed by atoms with Crippen molar-refractivity contribution in [3.63, 3.8) is 0 Å². The number of carbonyl (C=O) groups is 2. The Balaban J connectivity index is 1.36. The van der Waals surface area contributed by atoms with E-state index in [1.54, 1.807) is 24.3 Å². The Kier molecular flexibility index (Phi) is 6.28. The van der Waals surface area contributed by atoms with Gasteiger partial charge in [-0.15, -0.1) is 0 Å². The van der Waals surface area contributed by atoms with Gasteiger partial charge < -0.3 is 19.5 Å². The van der Waals surface area contributed by atoms with Gasteiger partial charge >= 0.3 is 5.97 Å². The van der Waals surface area contributed by atoms with Crippen molar-refractivity contribution >= 4 is 11.9 Å². The van der Waals surface area contributed by atoms with E-state index >= 15 is 0 Å². The first-order valence-electron chi connectivity index (χ1n) is 10.8. The van der Waals surface area contributed by atoms with Gasteiger partial charge in [0, 0.05) is 13.1 Å². The van der Waals surface area contributed by atoms with Crippen LogP contribution in [0.3, 0.4) is 0 Å². The molecule has 164 valence electrons. The van der Waals surface area contributed by atoms with Crippen molar-refractivity contribution in [2.24, 2.45) is 11.8 Å². The van der Waals surface area contributed by atoms with Crippen molar-refractivity contribution in [3.05, 3.63) is 65.2 Å². The molecule has 0 bridgehead atoms. The van der Waals surface area contributed by atoms with Gasteiger partial charge in [0.1, 0.15) is 11.9 Å². The number of aliphatic hydroxyl groups excluding tert-OH is 1. The summed E-state index contributed by atoms with van der Waals surface area (Å²) in [7, 11) is 1.35. The first kappa shape index (κ1) is 21.4. The van der Waals surface area contributed by atoms with Crippen LogP contribution >= 0.6 is 0 Å². The third kappa shape index (κ3) is 4.74. The number of hydrogen-bond acceptors (Lipinski definition) is 5. The van der Waals surface area contributed by atoms with E-state index in [2.05, 4.69) is 0 Å². The van der Waals surface area contributed by atoms with E-state index in [4.69, 9.17) is 9.47 Å². The molecule has 0 spiro atoms. The van der Waals surface area contributed by atoms with Crippen LogP contribution in [-0.4, -0.2) is 54.3 Å². The zero-order valence-corrected chi connectivity index (χ0v) is 18.0. The molecule has 4 rings (SSSR count). The second kappa shape index (κ2) is 9.10. The highest BCUT2D eigenvalue weighted by Gasteiger charge is 2.43. The molecule has 1 aliphatic heterocycles.